The smallest absolute Gasteiger partial charge is 0.350 e. The van der Waals surface area contributed by atoms with Crippen LogP contribution in [0.5, 0.6) is 0 Å². The molecule has 0 radical (unpaired) electrons. The largest absolute Gasteiger partial charge is 0.507 e. The number of hydrogen-bond acceptors (Lipinski definition) is 7. The molecule has 35 heavy (non-hydrogen) atoms. The van der Waals surface area contributed by atoms with E-state index in [1.54, 1.807) is 32.9 Å². The lowest BCUT2D eigenvalue weighted by molar-refractivity contribution is -0.132. The predicted molar refractivity (Wildman–Crippen MR) is 130 cm³/mol. The number of benzene rings is 2. The first-order valence-electron chi connectivity index (χ1n) is 10.9. The lowest BCUT2D eigenvalue weighted by atomic mass is 9.94. The van der Waals surface area contributed by atoms with Crippen molar-refractivity contribution in [2.45, 2.75) is 33.7 Å². The van der Waals surface area contributed by atoms with Gasteiger partial charge in [-0.1, -0.05) is 53.3 Å². The summed E-state index contributed by atoms with van der Waals surface area (Å²) in [7, 11) is 0. The second kappa shape index (κ2) is 9.42. The van der Waals surface area contributed by atoms with E-state index in [0.717, 1.165) is 23.0 Å². The normalized spacial score (nSPS) is 17.2. The highest BCUT2D eigenvalue weighted by Gasteiger charge is 2.48. The summed E-state index contributed by atoms with van der Waals surface area (Å²) in [6.07, 6.45) is 0. The van der Waals surface area contributed by atoms with Crippen LogP contribution >= 0.6 is 11.3 Å². The second-order valence-corrected chi connectivity index (χ2v) is 9.15. The summed E-state index contributed by atoms with van der Waals surface area (Å²) in [6, 6.07) is 10.2. The zero-order valence-corrected chi connectivity index (χ0v) is 20.4. The number of amides is 1. The number of esters is 1. The van der Waals surface area contributed by atoms with Crippen LogP contribution in [0, 0.1) is 26.6 Å². The molecule has 1 atom stereocenters. The molecule has 1 aliphatic rings. The number of carbonyl (C=O) groups excluding carboxylic acids is 3. The van der Waals surface area contributed by atoms with E-state index < -0.39 is 35.3 Å². The quantitative estimate of drug-likeness (QED) is 0.232. The van der Waals surface area contributed by atoms with E-state index in [0.29, 0.717) is 16.8 Å². The lowest BCUT2D eigenvalue weighted by Crippen LogP contribution is -2.29. The number of thiazole rings is 1. The number of anilines is 1. The van der Waals surface area contributed by atoms with Gasteiger partial charge < -0.3 is 9.84 Å². The minimum Gasteiger partial charge on any atom is -0.507 e. The van der Waals surface area contributed by atoms with Crippen molar-refractivity contribution < 1.29 is 28.6 Å². The van der Waals surface area contributed by atoms with Crippen molar-refractivity contribution in [3.63, 3.8) is 0 Å². The molecule has 1 N–H and O–H groups in total. The average molecular weight is 495 g/mol. The fourth-order valence-corrected chi connectivity index (χ4v) is 4.85. The molecule has 7 nitrogen and oxygen atoms in total. The van der Waals surface area contributed by atoms with Crippen molar-refractivity contribution in [2.24, 2.45) is 0 Å². The Hall–Kier alpha value is -3.85. The molecule has 1 saturated heterocycles. The Morgan fingerprint density at radius 3 is 2.46 bits per heavy atom. The van der Waals surface area contributed by atoms with Gasteiger partial charge in [-0.25, -0.2) is 14.2 Å². The minimum absolute atomic E-state index is 0.0748. The summed E-state index contributed by atoms with van der Waals surface area (Å²) in [6.45, 7) is 6.94. The van der Waals surface area contributed by atoms with Crippen LogP contribution in [0.3, 0.4) is 0 Å². The van der Waals surface area contributed by atoms with Gasteiger partial charge in [0, 0.05) is 5.56 Å². The molecular weight excluding hydrogens is 471 g/mol. The van der Waals surface area contributed by atoms with Crippen molar-refractivity contribution in [1.29, 1.82) is 0 Å². The maximum absolute atomic E-state index is 14.2. The maximum Gasteiger partial charge on any atom is 0.350 e. The number of aliphatic hydroxyl groups is 1. The SMILES string of the molecule is CCOC(=O)c1sc(N2C(=O)C(=O)C(=C(O)c3ccc(C)c(F)c3)[C@H]2c2ccc(C)cc2)nc1C. The molecule has 0 aliphatic carbocycles. The second-order valence-electron chi connectivity index (χ2n) is 8.18. The third kappa shape index (κ3) is 4.35. The predicted octanol–water partition coefficient (Wildman–Crippen LogP) is 5.01. The summed E-state index contributed by atoms with van der Waals surface area (Å²) < 4.78 is 19.3. The van der Waals surface area contributed by atoms with E-state index in [1.807, 2.05) is 19.1 Å². The zero-order chi connectivity index (χ0) is 25.4. The van der Waals surface area contributed by atoms with Crippen LogP contribution in [0.2, 0.25) is 0 Å². The van der Waals surface area contributed by atoms with Crippen LogP contribution in [-0.4, -0.2) is 34.4 Å². The molecule has 1 aliphatic heterocycles. The number of Topliss-reactive ketones (excluding diaryl/α,β-unsaturated/α-hetero) is 1. The molecule has 4 rings (SSSR count). The Morgan fingerprint density at radius 1 is 1.14 bits per heavy atom. The number of hydrogen-bond donors (Lipinski definition) is 1. The fraction of sp³-hybridized carbons (Fsp3) is 0.231. The van der Waals surface area contributed by atoms with Crippen molar-refractivity contribution in [3.05, 3.63) is 86.7 Å². The zero-order valence-electron chi connectivity index (χ0n) is 19.6. The highest BCUT2D eigenvalue weighted by atomic mass is 32.1. The Morgan fingerprint density at radius 2 is 1.83 bits per heavy atom. The van der Waals surface area contributed by atoms with Gasteiger partial charge in [-0.3, -0.25) is 14.5 Å². The van der Waals surface area contributed by atoms with E-state index in [2.05, 4.69) is 4.98 Å². The number of halogens is 1. The highest BCUT2D eigenvalue weighted by Crippen LogP contribution is 2.44. The van der Waals surface area contributed by atoms with E-state index in [9.17, 15) is 23.9 Å². The van der Waals surface area contributed by atoms with Gasteiger partial charge in [0.25, 0.3) is 5.78 Å². The van der Waals surface area contributed by atoms with Gasteiger partial charge in [-0.05, 0) is 44.9 Å². The molecule has 3 aromatic rings. The van der Waals surface area contributed by atoms with E-state index in [1.165, 1.54) is 17.0 Å². The van der Waals surface area contributed by atoms with Gasteiger partial charge >= 0.3 is 11.9 Å². The molecule has 0 saturated carbocycles. The molecule has 0 spiro atoms. The summed E-state index contributed by atoms with van der Waals surface area (Å²) in [5, 5.41) is 11.2. The molecule has 9 heteroatoms. The number of rotatable bonds is 5. The van der Waals surface area contributed by atoms with Crippen LogP contribution in [0.4, 0.5) is 9.52 Å². The van der Waals surface area contributed by atoms with Crippen LogP contribution in [0.25, 0.3) is 5.76 Å². The molecule has 2 aromatic carbocycles. The van der Waals surface area contributed by atoms with E-state index >= 15 is 0 Å². The summed E-state index contributed by atoms with van der Waals surface area (Å²) in [5.41, 5.74) is 2.13. The third-order valence-corrected chi connectivity index (χ3v) is 6.87. The third-order valence-electron chi connectivity index (χ3n) is 5.73. The van der Waals surface area contributed by atoms with Crippen molar-refractivity contribution >= 4 is 39.9 Å². The number of ketones is 1. The van der Waals surface area contributed by atoms with Gasteiger partial charge in [0.2, 0.25) is 0 Å². The number of aryl methyl sites for hydroxylation is 3. The summed E-state index contributed by atoms with van der Waals surface area (Å²) >= 11 is 0.929. The number of aliphatic hydroxyl groups excluding tert-OH is 1. The van der Waals surface area contributed by atoms with Crippen molar-refractivity contribution in [2.75, 3.05) is 11.5 Å². The Bertz CT molecular complexity index is 1380. The number of aromatic nitrogens is 1. The molecule has 0 unspecified atom stereocenters. The number of carbonyl (C=O) groups is 3. The topological polar surface area (TPSA) is 96.8 Å². The average Bonchev–Trinajstić information content (AvgIpc) is 3.33. The van der Waals surface area contributed by atoms with Crippen LogP contribution < -0.4 is 4.90 Å². The van der Waals surface area contributed by atoms with Crippen LogP contribution in [-0.2, 0) is 14.3 Å². The van der Waals surface area contributed by atoms with E-state index in [4.69, 9.17) is 4.74 Å². The monoisotopic (exact) mass is 494 g/mol. The molecule has 2 heterocycles. The fourth-order valence-electron chi connectivity index (χ4n) is 3.86. The summed E-state index contributed by atoms with van der Waals surface area (Å²) in [4.78, 5) is 44.6. The van der Waals surface area contributed by atoms with Gasteiger partial charge in [0.15, 0.2) is 5.13 Å². The first kappa shape index (κ1) is 24.3. The van der Waals surface area contributed by atoms with Crippen molar-refractivity contribution in [1.82, 2.24) is 4.98 Å². The molecule has 1 amide bonds. The molecule has 1 fully saturated rings. The molecule has 0 bridgehead atoms. The lowest BCUT2D eigenvalue weighted by Gasteiger charge is -2.23. The molecule has 1 aromatic heterocycles. The highest BCUT2D eigenvalue weighted by molar-refractivity contribution is 7.17. The van der Waals surface area contributed by atoms with Gasteiger partial charge in [0.05, 0.1) is 23.9 Å². The first-order chi connectivity index (χ1) is 16.6. The first-order valence-corrected chi connectivity index (χ1v) is 11.7. The Kier molecular flexibility index (Phi) is 6.53. The van der Waals surface area contributed by atoms with Crippen LogP contribution in [0.15, 0.2) is 48.0 Å². The van der Waals surface area contributed by atoms with Gasteiger partial charge in [0.1, 0.15) is 16.5 Å². The van der Waals surface area contributed by atoms with Crippen molar-refractivity contribution in [3.8, 4) is 0 Å². The van der Waals surface area contributed by atoms with Gasteiger partial charge in [-0.2, -0.15) is 0 Å². The minimum atomic E-state index is -1.03. The van der Waals surface area contributed by atoms with Crippen LogP contribution in [0.1, 0.15) is 50.6 Å². The maximum atomic E-state index is 14.2. The Balaban J connectivity index is 1.92. The molecule has 180 valence electrons. The Labute approximate surface area is 205 Å². The van der Waals surface area contributed by atoms with E-state index in [-0.39, 0.29) is 27.8 Å². The number of nitrogens with zero attached hydrogens (tertiary/aromatic N) is 2. The van der Waals surface area contributed by atoms with Gasteiger partial charge in [-0.15, -0.1) is 0 Å². The standard InChI is InChI=1S/C26H23FN2O5S/c1-5-34-25(33)23-15(4)28-26(35-23)29-20(16-9-6-13(2)7-10-16)19(22(31)24(29)32)21(30)17-11-8-14(3)18(27)12-17/h6-12,20,30H,5H2,1-4H3/t20-/m1/s1. The summed E-state index contributed by atoms with van der Waals surface area (Å²) in [5.74, 6) is -3.46. The number of ether oxygens (including phenoxy) is 1. The molecular formula is C26H23FN2O5S.